The molecule has 3 aromatic carbocycles. The highest BCUT2D eigenvalue weighted by Crippen LogP contribution is 2.32. The van der Waals surface area contributed by atoms with Gasteiger partial charge >= 0.3 is 6.18 Å². The summed E-state index contributed by atoms with van der Waals surface area (Å²) in [7, 11) is 0. The van der Waals surface area contributed by atoms with E-state index in [1.54, 1.807) is 28.8 Å². The lowest BCUT2D eigenvalue weighted by Gasteiger charge is -2.14. The van der Waals surface area contributed by atoms with Crippen LogP contribution in [0.1, 0.15) is 32.9 Å². The van der Waals surface area contributed by atoms with Crippen molar-refractivity contribution in [2.75, 3.05) is 11.1 Å². The third-order valence-electron chi connectivity index (χ3n) is 5.65. The van der Waals surface area contributed by atoms with Gasteiger partial charge in [-0.25, -0.2) is 0 Å². The van der Waals surface area contributed by atoms with Crippen molar-refractivity contribution in [2.24, 2.45) is 0 Å². The zero-order valence-electron chi connectivity index (χ0n) is 20.8. The molecule has 0 atom stereocenters. The van der Waals surface area contributed by atoms with Crippen LogP contribution in [0.2, 0.25) is 5.02 Å². The Morgan fingerprint density at radius 2 is 1.77 bits per heavy atom. The van der Waals surface area contributed by atoms with Crippen LogP contribution in [-0.4, -0.2) is 32.3 Å². The second kappa shape index (κ2) is 11.9. The number of hydrogen-bond donors (Lipinski definition) is 2. The Hall–Kier alpha value is -3.83. The van der Waals surface area contributed by atoms with Gasteiger partial charge in [-0.2, -0.15) is 13.2 Å². The topological polar surface area (TPSA) is 88.9 Å². The molecule has 0 saturated carbocycles. The van der Waals surface area contributed by atoms with E-state index < -0.39 is 23.2 Å². The molecule has 0 aliphatic heterocycles. The van der Waals surface area contributed by atoms with E-state index in [4.69, 9.17) is 11.6 Å². The van der Waals surface area contributed by atoms with Gasteiger partial charge in [0.25, 0.3) is 5.91 Å². The summed E-state index contributed by atoms with van der Waals surface area (Å²) < 4.78 is 41.7. The molecule has 4 aromatic rings. The van der Waals surface area contributed by atoms with E-state index in [1.807, 2.05) is 32.0 Å². The molecule has 2 N–H and O–H groups in total. The van der Waals surface area contributed by atoms with Crippen molar-refractivity contribution in [1.29, 1.82) is 0 Å². The fourth-order valence-corrected chi connectivity index (χ4v) is 4.71. The molecule has 12 heteroatoms. The number of thioether (sulfide) groups is 1. The van der Waals surface area contributed by atoms with Gasteiger partial charge in [0, 0.05) is 10.7 Å². The van der Waals surface area contributed by atoms with Crippen molar-refractivity contribution in [3.05, 3.63) is 99.8 Å². The quantitative estimate of drug-likeness (QED) is 0.244. The molecule has 1 heterocycles. The van der Waals surface area contributed by atoms with Gasteiger partial charge in [0.1, 0.15) is 0 Å². The molecule has 2 amide bonds. The smallest absolute Gasteiger partial charge is 0.345 e. The van der Waals surface area contributed by atoms with Crippen LogP contribution in [0, 0.1) is 13.8 Å². The van der Waals surface area contributed by atoms with Gasteiger partial charge in [-0.3, -0.25) is 14.2 Å². The summed E-state index contributed by atoms with van der Waals surface area (Å²) in [6.45, 7) is 3.60. The van der Waals surface area contributed by atoms with Gasteiger partial charge in [-0.1, -0.05) is 53.7 Å². The van der Waals surface area contributed by atoms with E-state index in [1.165, 1.54) is 12.1 Å². The molecule has 0 saturated heterocycles. The normalized spacial score (nSPS) is 11.3. The number of aryl methyl sites for hydroxylation is 2. The van der Waals surface area contributed by atoms with Crippen molar-refractivity contribution in [3.8, 4) is 5.69 Å². The number of carbonyl (C=O) groups excluding carboxylic acids is 2. The number of alkyl halides is 3. The van der Waals surface area contributed by atoms with E-state index in [0.29, 0.717) is 21.6 Å². The van der Waals surface area contributed by atoms with Crippen LogP contribution >= 0.6 is 23.4 Å². The summed E-state index contributed by atoms with van der Waals surface area (Å²) in [5, 5.41) is 14.4. The molecule has 7 nitrogen and oxygen atoms in total. The number of anilines is 1. The Bertz CT molecular complexity index is 1520. The van der Waals surface area contributed by atoms with Gasteiger partial charge in [0.2, 0.25) is 5.91 Å². The second-order valence-corrected chi connectivity index (χ2v) is 9.97. The van der Waals surface area contributed by atoms with Gasteiger partial charge in [0.05, 0.1) is 29.1 Å². The highest BCUT2D eigenvalue weighted by atomic mass is 35.5. The van der Waals surface area contributed by atoms with E-state index in [0.717, 1.165) is 35.0 Å². The molecule has 0 unspecified atom stereocenters. The molecule has 39 heavy (non-hydrogen) atoms. The van der Waals surface area contributed by atoms with Gasteiger partial charge in [-0.15, -0.1) is 10.2 Å². The van der Waals surface area contributed by atoms with E-state index in [2.05, 4.69) is 20.8 Å². The highest BCUT2D eigenvalue weighted by Gasteiger charge is 2.34. The number of amides is 2. The van der Waals surface area contributed by atoms with Crippen LogP contribution < -0.4 is 10.6 Å². The summed E-state index contributed by atoms with van der Waals surface area (Å²) in [4.78, 5) is 25.4. The zero-order chi connectivity index (χ0) is 28.2. The minimum absolute atomic E-state index is 0.0113. The number of benzene rings is 3. The summed E-state index contributed by atoms with van der Waals surface area (Å²) in [5.74, 6) is -0.914. The highest BCUT2D eigenvalue weighted by molar-refractivity contribution is 7.99. The second-order valence-electron chi connectivity index (χ2n) is 8.60. The van der Waals surface area contributed by atoms with Crippen molar-refractivity contribution in [2.45, 2.75) is 31.7 Å². The van der Waals surface area contributed by atoms with Gasteiger partial charge in [-0.05, 0) is 61.4 Å². The lowest BCUT2D eigenvalue weighted by Crippen LogP contribution is -2.27. The fraction of sp³-hybridized carbons (Fsp3) is 0.185. The van der Waals surface area contributed by atoms with Crippen molar-refractivity contribution >= 4 is 40.9 Å². The molecule has 0 bridgehead atoms. The molecule has 0 aliphatic rings. The first kappa shape index (κ1) is 28.2. The van der Waals surface area contributed by atoms with E-state index in [-0.39, 0.29) is 24.0 Å². The van der Waals surface area contributed by atoms with E-state index in [9.17, 15) is 22.8 Å². The standard InChI is InChI=1S/C27H23ClF3N5O2S/c1-16-10-11-17(2)22(12-16)33-24(37)15-39-26-35-34-23(36(26)19-7-5-6-18(28)13-19)14-32-25(38)20-8-3-4-9-21(20)27(29,30)31/h3-13H,14-15H2,1-2H3,(H,32,38)(H,33,37). The number of rotatable bonds is 8. The lowest BCUT2D eigenvalue weighted by molar-refractivity contribution is -0.138. The van der Waals surface area contributed by atoms with Gasteiger partial charge < -0.3 is 10.6 Å². The molecular formula is C27H23ClF3N5O2S. The predicted octanol–water partition coefficient (Wildman–Crippen LogP) is 6.22. The fourth-order valence-electron chi connectivity index (χ4n) is 3.75. The molecule has 0 fully saturated rings. The number of hydrogen-bond acceptors (Lipinski definition) is 5. The monoisotopic (exact) mass is 573 g/mol. The number of carbonyl (C=O) groups is 2. The summed E-state index contributed by atoms with van der Waals surface area (Å²) in [6, 6.07) is 17.1. The largest absolute Gasteiger partial charge is 0.417 e. The Labute approximate surface area is 231 Å². The Kier molecular flexibility index (Phi) is 8.61. The number of halogens is 4. The third-order valence-corrected chi connectivity index (χ3v) is 6.81. The minimum Gasteiger partial charge on any atom is -0.345 e. The van der Waals surface area contributed by atoms with Crippen LogP contribution in [0.25, 0.3) is 5.69 Å². The van der Waals surface area contributed by atoms with Crippen LogP contribution in [0.5, 0.6) is 0 Å². The summed E-state index contributed by atoms with van der Waals surface area (Å²) >= 11 is 7.29. The number of aromatic nitrogens is 3. The average molecular weight is 574 g/mol. The SMILES string of the molecule is Cc1ccc(C)c(NC(=O)CSc2nnc(CNC(=O)c3ccccc3C(F)(F)F)n2-c2cccc(Cl)c2)c1. The Morgan fingerprint density at radius 1 is 1.00 bits per heavy atom. The summed E-state index contributed by atoms with van der Waals surface area (Å²) in [5.41, 5.74) is 1.66. The molecule has 0 spiro atoms. The average Bonchev–Trinajstić information content (AvgIpc) is 3.30. The summed E-state index contributed by atoms with van der Waals surface area (Å²) in [6.07, 6.45) is -4.68. The van der Waals surface area contributed by atoms with Crippen LogP contribution in [0.15, 0.2) is 71.9 Å². The number of nitrogens with zero attached hydrogens (tertiary/aromatic N) is 3. The first-order valence-corrected chi connectivity index (χ1v) is 13.0. The Morgan fingerprint density at radius 3 is 2.51 bits per heavy atom. The van der Waals surface area contributed by atoms with Gasteiger partial charge in [0.15, 0.2) is 11.0 Å². The van der Waals surface area contributed by atoms with Crippen molar-refractivity contribution in [1.82, 2.24) is 20.1 Å². The molecule has 202 valence electrons. The first-order valence-electron chi connectivity index (χ1n) is 11.7. The van der Waals surface area contributed by atoms with Crippen molar-refractivity contribution < 1.29 is 22.8 Å². The maximum Gasteiger partial charge on any atom is 0.417 e. The van der Waals surface area contributed by atoms with Crippen LogP contribution in [-0.2, 0) is 17.5 Å². The maximum atomic E-state index is 13.4. The molecule has 1 aromatic heterocycles. The molecule has 0 aliphatic carbocycles. The molecule has 0 radical (unpaired) electrons. The van der Waals surface area contributed by atoms with E-state index >= 15 is 0 Å². The van der Waals surface area contributed by atoms with Crippen LogP contribution in [0.3, 0.4) is 0 Å². The third kappa shape index (κ3) is 6.98. The Balaban J connectivity index is 1.54. The molecule has 4 rings (SSSR count). The molecular weight excluding hydrogens is 551 g/mol. The van der Waals surface area contributed by atoms with Crippen molar-refractivity contribution in [3.63, 3.8) is 0 Å². The number of nitrogens with one attached hydrogen (secondary N) is 2. The zero-order valence-corrected chi connectivity index (χ0v) is 22.4. The predicted molar refractivity (Wildman–Crippen MR) is 144 cm³/mol. The minimum atomic E-state index is -4.68. The lowest BCUT2D eigenvalue weighted by atomic mass is 10.1. The van der Waals surface area contributed by atoms with Crippen LogP contribution in [0.4, 0.5) is 18.9 Å². The maximum absolute atomic E-state index is 13.4. The first-order chi connectivity index (χ1) is 18.5.